The van der Waals surface area contributed by atoms with Crippen molar-refractivity contribution in [3.05, 3.63) is 34.9 Å². The van der Waals surface area contributed by atoms with E-state index in [-0.39, 0.29) is 17.3 Å². The molecule has 2 saturated carbocycles. The summed E-state index contributed by atoms with van der Waals surface area (Å²) in [6.45, 7) is 2.22. The molecule has 0 amide bonds. The van der Waals surface area contributed by atoms with Gasteiger partial charge in [-0.2, -0.15) is 0 Å². The number of fused-ring (bicyclic) bond motifs is 5. The molecule has 4 heteroatoms. The van der Waals surface area contributed by atoms with Crippen molar-refractivity contribution < 1.29 is 19.4 Å². The molecule has 5 atom stereocenters. The van der Waals surface area contributed by atoms with Crippen LogP contribution in [0.25, 0.3) is 0 Å². The highest BCUT2D eigenvalue weighted by molar-refractivity contribution is 5.89. The van der Waals surface area contributed by atoms with Crippen molar-refractivity contribution in [1.29, 1.82) is 0 Å². The Morgan fingerprint density at radius 2 is 2.00 bits per heavy atom. The lowest BCUT2D eigenvalue weighted by atomic mass is 9.54. The smallest absolute Gasteiger partial charge is 0.337 e. The predicted molar refractivity (Wildman–Crippen MR) is 93.5 cm³/mol. The molecule has 1 aromatic carbocycles. The first-order chi connectivity index (χ1) is 12.0. The summed E-state index contributed by atoms with van der Waals surface area (Å²) in [7, 11) is 1.42. The Kier molecular flexibility index (Phi) is 3.89. The van der Waals surface area contributed by atoms with Crippen molar-refractivity contribution in [2.24, 2.45) is 23.2 Å². The van der Waals surface area contributed by atoms with E-state index in [4.69, 9.17) is 4.74 Å². The Morgan fingerprint density at radius 1 is 1.20 bits per heavy atom. The number of aryl methyl sites for hydroxylation is 1. The number of hydrogen-bond acceptors (Lipinski definition) is 3. The first-order valence-corrected chi connectivity index (χ1v) is 9.39. The third kappa shape index (κ3) is 2.41. The number of carboxylic acids is 1. The van der Waals surface area contributed by atoms with Gasteiger partial charge in [-0.3, -0.25) is 4.79 Å². The average molecular weight is 342 g/mol. The van der Waals surface area contributed by atoms with Crippen LogP contribution in [0.4, 0.5) is 0 Å². The molecule has 0 unspecified atom stereocenters. The van der Waals surface area contributed by atoms with Crippen molar-refractivity contribution in [2.75, 3.05) is 7.11 Å². The van der Waals surface area contributed by atoms with Gasteiger partial charge in [-0.15, -0.1) is 0 Å². The molecule has 0 bridgehead atoms. The maximum atomic E-state index is 11.8. The number of methoxy groups -OCH3 is 1. The molecule has 0 spiro atoms. The van der Waals surface area contributed by atoms with Crippen molar-refractivity contribution in [2.45, 2.75) is 51.4 Å². The summed E-state index contributed by atoms with van der Waals surface area (Å²) in [5.41, 5.74) is 3.24. The first kappa shape index (κ1) is 16.6. The second-order valence-corrected chi connectivity index (χ2v) is 8.33. The van der Waals surface area contributed by atoms with E-state index in [1.807, 2.05) is 12.1 Å². The molecule has 25 heavy (non-hydrogen) atoms. The molecule has 134 valence electrons. The topological polar surface area (TPSA) is 63.6 Å². The lowest BCUT2D eigenvalue weighted by Crippen LogP contribution is -2.44. The molecule has 3 aliphatic rings. The molecule has 1 N–H and O–H groups in total. The SMILES string of the molecule is COC(=O)c1ccc2c(c1)CC[C@@H]1[C@@H]2CC[C@]2(C)[C@@H](C(=O)O)CC[C@@H]12. The Hall–Kier alpha value is -1.84. The molecule has 0 radical (unpaired) electrons. The van der Waals surface area contributed by atoms with Gasteiger partial charge < -0.3 is 9.84 Å². The van der Waals surface area contributed by atoms with E-state index in [0.29, 0.717) is 23.3 Å². The number of carbonyl (C=O) groups is 2. The number of carboxylic acid groups (broad SMARTS) is 1. The number of hydrogen-bond donors (Lipinski definition) is 1. The van der Waals surface area contributed by atoms with Crippen LogP contribution in [0.1, 0.15) is 66.4 Å². The summed E-state index contributed by atoms with van der Waals surface area (Å²) in [5, 5.41) is 9.63. The maximum Gasteiger partial charge on any atom is 0.337 e. The normalized spacial score (nSPS) is 36.1. The van der Waals surface area contributed by atoms with Gasteiger partial charge in [0.2, 0.25) is 0 Å². The number of ether oxygens (including phenoxy) is 1. The molecule has 0 saturated heterocycles. The average Bonchev–Trinajstić information content (AvgIpc) is 2.97. The molecule has 4 nitrogen and oxygen atoms in total. The molecule has 0 aliphatic heterocycles. The molecule has 3 aliphatic carbocycles. The van der Waals surface area contributed by atoms with Gasteiger partial charge in [-0.25, -0.2) is 4.79 Å². The van der Waals surface area contributed by atoms with Gasteiger partial charge >= 0.3 is 11.9 Å². The number of esters is 1. The van der Waals surface area contributed by atoms with Gasteiger partial charge in [0.25, 0.3) is 0 Å². The monoisotopic (exact) mass is 342 g/mol. The molecule has 1 aromatic rings. The van der Waals surface area contributed by atoms with E-state index in [9.17, 15) is 14.7 Å². The van der Waals surface area contributed by atoms with Crippen molar-refractivity contribution in [3.8, 4) is 0 Å². The number of aliphatic carboxylic acids is 1. The molecular weight excluding hydrogens is 316 g/mol. The number of benzene rings is 1. The Bertz CT molecular complexity index is 725. The largest absolute Gasteiger partial charge is 0.481 e. The number of carbonyl (C=O) groups excluding carboxylic acids is 1. The zero-order chi connectivity index (χ0) is 17.8. The minimum absolute atomic E-state index is 0.0452. The minimum atomic E-state index is -0.609. The van der Waals surface area contributed by atoms with Crippen LogP contribution in [0.3, 0.4) is 0 Å². The highest BCUT2D eigenvalue weighted by atomic mass is 16.5. The summed E-state index contributed by atoms with van der Waals surface area (Å²) in [6.07, 6.45) is 6.01. The molecule has 0 heterocycles. The molecule has 2 fully saturated rings. The van der Waals surface area contributed by atoms with E-state index in [1.165, 1.54) is 18.2 Å². The second-order valence-electron chi connectivity index (χ2n) is 8.33. The van der Waals surface area contributed by atoms with Crippen molar-refractivity contribution in [3.63, 3.8) is 0 Å². The van der Waals surface area contributed by atoms with Crippen molar-refractivity contribution >= 4 is 11.9 Å². The van der Waals surface area contributed by atoms with Gasteiger partial charge in [0, 0.05) is 0 Å². The van der Waals surface area contributed by atoms with Crippen LogP contribution in [0.5, 0.6) is 0 Å². The Labute approximate surface area is 148 Å². The predicted octanol–water partition coefficient (Wildman–Crippen LogP) is 4.03. The van der Waals surface area contributed by atoms with E-state index in [0.717, 1.165) is 38.5 Å². The van der Waals surface area contributed by atoms with Gasteiger partial charge in [-0.1, -0.05) is 13.0 Å². The highest BCUT2D eigenvalue weighted by Crippen LogP contribution is 2.62. The fraction of sp³-hybridized carbons (Fsp3) is 0.619. The highest BCUT2D eigenvalue weighted by Gasteiger charge is 2.56. The zero-order valence-corrected chi connectivity index (χ0v) is 15.0. The third-order valence-electron chi connectivity index (χ3n) is 7.45. The molecular formula is C21H26O4. The summed E-state index contributed by atoms with van der Waals surface area (Å²) in [4.78, 5) is 23.5. The van der Waals surface area contributed by atoms with Crippen LogP contribution in [0.15, 0.2) is 18.2 Å². The van der Waals surface area contributed by atoms with Crippen LogP contribution >= 0.6 is 0 Å². The maximum absolute atomic E-state index is 11.8. The van der Waals surface area contributed by atoms with Crippen molar-refractivity contribution in [1.82, 2.24) is 0 Å². The van der Waals surface area contributed by atoms with Gasteiger partial charge in [0.15, 0.2) is 0 Å². The zero-order valence-electron chi connectivity index (χ0n) is 15.0. The number of rotatable bonds is 2. The minimum Gasteiger partial charge on any atom is -0.481 e. The van der Waals surface area contributed by atoms with Gasteiger partial charge in [-0.05, 0) is 85.0 Å². The summed E-state index contributed by atoms with van der Waals surface area (Å²) in [6, 6.07) is 6.00. The third-order valence-corrected chi connectivity index (χ3v) is 7.45. The van der Waals surface area contributed by atoms with E-state index in [1.54, 1.807) is 0 Å². The fourth-order valence-corrected chi connectivity index (χ4v) is 6.23. The van der Waals surface area contributed by atoms with Crippen LogP contribution in [0, 0.1) is 23.2 Å². The van der Waals surface area contributed by atoms with Gasteiger partial charge in [0.1, 0.15) is 0 Å². The summed E-state index contributed by atoms with van der Waals surface area (Å²) in [5.74, 6) is 0.548. The summed E-state index contributed by atoms with van der Waals surface area (Å²) >= 11 is 0. The van der Waals surface area contributed by atoms with E-state index < -0.39 is 5.97 Å². The van der Waals surface area contributed by atoms with Crippen LogP contribution in [-0.4, -0.2) is 24.2 Å². The van der Waals surface area contributed by atoms with E-state index >= 15 is 0 Å². The summed E-state index contributed by atoms with van der Waals surface area (Å²) < 4.78 is 4.84. The lowest BCUT2D eigenvalue weighted by molar-refractivity contribution is -0.147. The Balaban J connectivity index is 1.64. The fourth-order valence-electron chi connectivity index (χ4n) is 6.23. The van der Waals surface area contributed by atoms with Gasteiger partial charge in [0.05, 0.1) is 18.6 Å². The standard InChI is InChI=1S/C21H26O4/c1-21-10-9-15-14-5-4-13(20(24)25-2)11-12(14)3-6-16(15)17(21)7-8-18(21)19(22)23/h4-5,11,15-18H,3,6-10H2,1-2H3,(H,22,23)/t15-,16-,17+,18-,21+/m1/s1. The Morgan fingerprint density at radius 3 is 2.72 bits per heavy atom. The second kappa shape index (κ2) is 5.86. The van der Waals surface area contributed by atoms with Crippen LogP contribution < -0.4 is 0 Å². The first-order valence-electron chi connectivity index (χ1n) is 9.39. The quantitative estimate of drug-likeness (QED) is 0.824. The molecule has 0 aromatic heterocycles. The molecule has 4 rings (SSSR count). The van der Waals surface area contributed by atoms with Crippen LogP contribution in [-0.2, 0) is 16.0 Å². The van der Waals surface area contributed by atoms with E-state index in [2.05, 4.69) is 13.0 Å². The lowest BCUT2D eigenvalue weighted by Gasteiger charge is -2.50. The van der Waals surface area contributed by atoms with Crippen LogP contribution in [0.2, 0.25) is 0 Å².